The number of amides is 2. The first-order valence-electron chi connectivity index (χ1n) is 10.8. The van der Waals surface area contributed by atoms with Crippen molar-refractivity contribution in [1.82, 2.24) is 4.90 Å². The van der Waals surface area contributed by atoms with Crippen LogP contribution in [0.25, 0.3) is 10.8 Å². The van der Waals surface area contributed by atoms with E-state index in [0.717, 1.165) is 43.1 Å². The molecule has 2 aliphatic rings. The van der Waals surface area contributed by atoms with Gasteiger partial charge < -0.3 is 0 Å². The summed E-state index contributed by atoms with van der Waals surface area (Å²) in [6.07, 6.45) is 3.52. The van der Waals surface area contributed by atoms with Gasteiger partial charge >= 0.3 is 0 Å². The average Bonchev–Trinajstić information content (AvgIpc) is 3.08. The van der Waals surface area contributed by atoms with Gasteiger partial charge in [-0.25, -0.2) is 4.90 Å². The van der Waals surface area contributed by atoms with E-state index in [0.29, 0.717) is 11.6 Å². The van der Waals surface area contributed by atoms with E-state index in [1.54, 1.807) is 0 Å². The number of carbonyl (C=O) groups is 2. The van der Waals surface area contributed by atoms with Crippen LogP contribution in [0.5, 0.6) is 0 Å². The first-order chi connectivity index (χ1) is 14.7. The molecule has 0 aromatic heterocycles. The topological polar surface area (TPSA) is 40.6 Å². The minimum absolute atomic E-state index is 0.0714. The number of likely N-dealkylation sites (tertiary alicyclic amines) is 1. The molecule has 0 aliphatic carbocycles. The highest BCUT2D eigenvalue weighted by Gasteiger charge is 2.43. The molecule has 0 spiro atoms. The molecule has 3 aromatic rings. The number of carbonyl (C=O) groups excluding carboxylic acids is 2. The number of hydrogen-bond acceptors (Lipinski definition) is 3. The molecular weight excluding hydrogens is 372 g/mol. The summed E-state index contributed by atoms with van der Waals surface area (Å²) < 4.78 is 0. The molecule has 2 fully saturated rings. The predicted octanol–water partition coefficient (Wildman–Crippen LogP) is 4.43. The first-order valence-corrected chi connectivity index (χ1v) is 10.8. The Kier molecular flexibility index (Phi) is 5.09. The van der Waals surface area contributed by atoms with Gasteiger partial charge in [0.2, 0.25) is 5.91 Å². The number of imide groups is 1. The van der Waals surface area contributed by atoms with E-state index < -0.39 is 0 Å². The number of anilines is 1. The molecule has 4 heteroatoms. The molecule has 5 rings (SSSR count). The van der Waals surface area contributed by atoms with Crippen LogP contribution in [0, 0.1) is 5.92 Å². The van der Waals surface area contributed by atoms with Gasteiger partial charge in [0.1, 0.15) is 0 Å². The smallest absolute Gasteiger partial charge is 0.251 e. The van der Waals surface area contributed by atoms with Gasteiger partial charge in [-0.05, 0) is 55.3 Å². The van der Waals surface area contributed by atoms with Crippen molar-refractivity contribution in [3.05, 3.63) is 78.4 Å². The summed E-state index contributed by atoms with van der Waals surface area (Å²) in [5.41, 5.74) is 2.09. The number of piperidine rings is 1. The fourth-order valence-corrected chi connectivity index (χ4v) is 4.97. The molecular formula is C26H26N2O2. The molecule has 2 aliphatic heterocycles. The molecule has 0 saturated carbocycles. The highest BCUT2D eigenvalue weighted by molar-refractivity contribution is 6.25. The van der Waals surface area contributed by atoms with Crippen molar-refractivity contribution in [3.63, 3.8) is 0 Å². The molecule has 30 heavy (non-hydrogen) atoms. The van der Waals surface area contributed by atoms with Crippen LogP contribution in [0.3, 0.4) is 0 Å². The van der Waals surface area contributed by atoms with Gasteiger partial charge in [-0.15, -0.1) is 0 Å². The Morgan fingerprint density at radius 3 is 2.30 bits per heavy atom. The number of fused-ring (bicyclic) bond motifs is 1. The zero-order valence-electron chi connectivity index (χ0n) is 17.0. The van der Waals surface area contributed by atoms with Gasteiger partial charge in [-0.3, -0.25) is 14.5 Å². The maximum Gasteiger partial charge on any atom is 0.251 e. The third-order valence-electron chi connectivity index (χ3n) is 6.59. The van der Waals surface area contributed by atoms with E-state index in [-0.39, 0.29) is 24.3 Å². The second-order valence-electron chi connectivity index (χ2n) is 8.45. The number of benzene rings is 3. The summed E-state index contributed by atoms with van der Waals surface area (Å²) in [4.78, 5) is 29.8. The van der Waals surface area contributed by atoms with E-state index >= 15 is 0 Å². The number of hydrogen-bond donors (Lipinski definition) is 0. The monoisotopic (exact) mass is 398 g/mol. The van der Waals surface area contributed by atoms with E-state index in [2.05, 4.69) is 35.2 Å². The molecule has 2 amide bonds. The highest BCUT2D eigenvalue weighted by Crippen LogP contribution is 2.33. The molecule has 0 unspecified atom stereocenters. The summed E-state index contributed by atoms with van der Waals surface area (Å²) in [7, 11) is 0. The van der Waals surface area contributed by atoms with Crippen molar-refractivity contribution >= 4 is 28.3 Å². The Labute approximate surface area is 177 Å². The Balaban J connectivity index is 1.29. The lowest BCUT2D eigenvalue weighted by atomic mass is 9.89. The largest absolute Gasteiger partial charge is 0.292 e. The van der Waals surface area contributed by atoms with Crippen LogP contribution in [0.4, 0.5) is 5.69 Å². The van der Waals surface area contributed by atoms with Crippen LogP contribution in [0.1, 0.15) is 24.8 Å². The van der Waals surface area contributed by atoms with E-state index in [4.69, 9.17) is 0 Å². The molecule has 0 N–H and O–H groups in total. The SMILES string of the molecule is O=C1C[C@H](N2CCC(Cc3ccccc3)CC2)C(=O)N1c1cccc2ccccc12. The van der Waals surface area contributed by atoms with Gasteiger partial charge in [0.05, 0.1) is 18.2 Å². The third kappa shape index (κ3) is 3.52. The summed E-state index contributed by atoms with van der Waals surface area (Å²) in [6, 6.07) is 24.0. The Morgan fingerprint density at radius 1 is 0.800 bits per heavy atom. The second kappa shape index (κ2) is 8.04. The third-order valence-corrected chi connectivity index (χ3v) is 6.59. The Morgan fingerprint density at radius 2 is 1.50 bits per heavy atom. The quantitative estimate of drug-likeness (QED) is 0.611. The van der Waals surface area contributed by atoms with Crippen LogP contribution in [0.15, 0.2) is 72.8 Å². The molecule has 2 heterocycles. The summed E-state index contributed by atoms with van der Waals surface area (Å²) in [5.74, 6) is 0.482. The number of nitrogens with zero attached hydrogens (tertiary/aromatic N) is 2. The van der Waals surface area contributed by atoms with Crippen LogP contribution in [0.2, 0.25) is 0 Å². The van der Waals surface area contributed by atoms with Crippen molar-refractivity contribution in [1.29, 1.82) is 0 Å². The average molecular weight is 399 g/mol. The lowest BCUT2D eigenvalue weighted by Gasteiger charge is -2.34. The highest BCUT2D eigenvalue weighted by atomic mass is 16.2. The van der Waals surface area contributed by atoms with Crippen molar-refractivity contribution in [2.24, 2.45) is 5.92 Å². The summed E-state index contributed by atoms with van der Waals surface area (Å²) in [6.45, 7) is 1.76. The van der Waals surface area contributed by atoms with E-state index in [1.807, 2.05) is 42.5 Å². The standard InChI is InChI=1S/C26H26N2O2/c29-25-18-24(27-15-13-20(14-16-27)17-19-7-2-1-3-8-19)26(30)28(25)23-12-6-10-21-9-4-5-11-22(21)23/h1-12,20,24H,13-18H2/t24-/m0/s1. The maximum absolute atomic E-state index is 13.3. The summed E-state index contributed by atoms with van der Waals surface area (Å²) >= 11 is 0. The van der Waals surface area contributed by atoms with Gasteiger partial charge in [0.15, 0.2) is 0 Å². The normalized spacial score (nSPS) is 20.9. The molecule has 1 atom stereocenters. The molecule has 0 bridgehead atoms. The van der Waals surface area contributed by atoms with Gasteiger partial charge in [-0.1, -0.05) is 66.7 Å². The Bertz CT molecular complexity index is 1070. The van der Waals surface area contributed by atoms with Crippen LogP contribution < -0.4 is 4.90 Å². The van der Waals surface area contributed by atoms with Crippen molar-refractivity contribution in [2.75, 3.05) is 18.0 Å². The molecule has 152 valence electrons. The molecule has 3 aromatic carbocycles. The van der Waals surface area contributed by atoms with Crippen LogP contribution >= 0.6 is 0 Å². The summed E-state index contributed by atoms with van der Waals surface area (Å²) in [5, 5.41) is 1.99. The first kappa shape index (κ1) is 19.0. The zero-order chi connectivity index (χ0) is 20.5. The van der Waals surface area contributed by atoms with Crippen molar-refractivity contribution in [3.8, 4) is 0 Å². The van der Waals surface area contributed by atoms with Crippen molar-refractivity contribution in [2.45, 2.75) is 31.7 Å². The van der Waals surface area contributed by atoms with Crippen molar-refractivity contribution < 1.29 is 9.59 Å². The maximum atomic E-state index is 13.3. The minimum Gasteiger partial charge on any atom is -0.292 e. The fraction of sp³-hybridized carbons (Fsp3) is 0.308. The molecule has 0 radical (unpaired) electrons. The van der Waals surface area contributed by atoms with E-state index in [1.165, 1.54) is 10.5 Å². The fourth-order valence-electron chi connectivity index (χ4n) is 4.97. The van der Waals surface area contributed by atoms with E-state index in [9.17, 15) is 9.59 Å². The molecule has 2 saturated heterocycles. The Hall–Kier alpha value is -2.98. The van der Waals surface area contributed by atoms with Crippen LogP contribution in [-0.2, 0) is 16.0 Å². The lowest BCUT2D eigenvalue weighted by molar-refractivity contribution is -0.123. The van der Waals surface area contributed by atoms with Gasteiger partial charge in [-0.2, -0.15) is 0 Å². The lowest BCUT2D eigenvalue weighted by Crippen LogP contribution is -2.46. The van der Waals surface area contributed by atoms with Gasteiger partial charge in [0, 0.05) is 5.39 Å². The molecule has 4 nitrogen and oxygen atoms in total. The second-order valence-corrected chi connectivity index (χ2v) is 8.45. The minimum atomic E-state index is -0.325. The predicted molar refractivity (Wildman–Crippen MR) is 119 cm³/mol. The number of rotatable bonds is 4. The van der Waals surface area contributed by atoms with Gasteiger partial charge in [0.25, 0.3) is 5.91 Å². The zero-order valence-corrected chi connectivity index (χ0v) is 17.0. The van der Waals surface area contributed by atoms with Crippen LogP contribution in [-0.4, -0.2) is 35.8 Å².